The summed E-state index contributed by atoms with van der Waals surface area (Å²) in [5.41, 5.74) is 0. The first-order chi connectivity index (χ1) is 10.6. The van der Waals surface area contributed by atoms with Gasteiger partial charge in [0, 0.05) is 44.7 Å². The van der Waals surface area contributed by atoms with Gasteiger partial charge in [-0.15, -0.1) is 0 Å². The van der Waals surface area contributed by atoms with Crippen LogP contribution in [0.5, 0.6) is 0 Å². The van der Waals surface area contributed by atoms with Crippen molar-refractivity contribution in [1.29, 1.82) is 0 Å². The lowest BCUT2D eigenvalue weighted by Crippen LogP contribution is -2.46. The largest absolute Gasteiger partial charge is 0.385 e. The number of ether oxygens (including phenoxy) is 1. The van der Waals surface area contributed by atoms with Gasteiger partial charge < -0.3 is 15.0 Å². The highest BCUT2D eigenvalue weighted by molar-refractivity contribution is 5.88. The second kappa shape index (κ2) is 8.51. The number of likely N-dealkylation sites (tertiary alicyclic amines) is 1. The summed E-state index contributed by atoms with van der Waals surface area (Å²) >= 11 is 0. The summed E-state index contributed by atoms with van der Waals surface area (Å²) in [5, 5.41) is 3.07. The molecule has 5 nitrogen and oxygen atoms in total. The maximum atomic E-state index is 12.7. The highest BCUT2D eigenvalue weighted by Gasteiger charge is 2.38. The zero-order chi connectivity index (χ0) is 15.9. The molecule has 3 atom stereocenters. The molecule has 1 aliphatic heterocycles. The summed E-state index contributed by atoms with van der Waals surface area (Å²) in [6, 6.07) is 0.0944. The monoisotopic (exact) mass is 310 g/mol. The van der Waals surface area contributed by atoms with Crippen LogP contribution in [0.15, 0.2) is 0 Å². The minimum absolute atomic E-state index is 0.0563. The smallest absolute Gasteiger partial charge is 0.226 e. The quantitative estimate of drug-likeness (QED) is 0.816. The maximum Gasteiger partial charge on any atom is 0.226 e. The Labute approximate surface area is 133 Å². The van der Waals surface area contributed by atoms with E-state index in [1.54, 1.807) is 7.11 Å². The van der Waals surface area contributed by atoms with Crippen molar-refractivity contribution < 1.29 is 14.3 Å². The normalized spacial score (nSPS) is 26.7. The highest BCUT2D eigenvalue weighted by Crippen LogP contribution is 2.32. The number of hydrogen-bond donors (Lipinski definition) is 1. The van der Waals surface area contributed by atoms with Crippen LogP contribution in [0, 0.1) is 11.8 Å². The van der Waals surface area contributed by atoms with Gasteiger partial charge in [0.15, 0.2) is 0 Å². The fourth-order valence-electron chi connectivity index (χ4n) is 3.63. The minimum Gasteiger partial charge on any atom is -0.385 e. The maximum absolute atomic E-state index is 12.7. The van der Waals surface area contributed by atoms with E-state index in [2.05, 4.69) is 5.32 Å². The number of nitrogens with one attached hydrogen (secondary N) is 1. The van der Waals surface area contributed by atoms with Gasteiger partial charge >= 0.3 is 0 Å². The van der Waals surface area contributed by atoms with Crippen molar-refractivity contribution in [2.45, 2.75) is 57.9 Å². The Morgan fingerprint density at radius 1 is 1.14 bits per heavy atom. The van der Waals surface area contributed by atoms with Gasteiger partial charge in [-0.1, -0.05) is 12.8 Å². The van der Waals surface area contributed by atoms with Crippen molar-refractivity contribution in [3.63, 3.8) is 0 Å². The molecule has 1 saturated heterocycles. The summed E-state index contributed by atoms with van der Waals surface area (Å²) in [4.78, 5) is 27.2. The third kappa shape index (κ3) is 4.45. The molecule has 2 amide bonds. The van der Waals surface area contributed by atoms with E-state index in [0.29, 0.717) is 6.61 Å². The van der Waals surface area contributed by atoms with Crippen molar-refractivity contribution in [1.82, 2.24) is 10.2 Å². The van der Waals surface area contributed by atoms with Gasteiger partial charge in [-0.25, -0.2) is 0 Å². The average molecular weight is 310 g/mol. The Morgan fingerprint density at radius 3 is 2.41 bits per heavy atom. The predicted molar refractivity (Wildman–Crippen MR) is 85.4 cm³/mol. The van der Waals surface area contributed by atoms with Crippen LogP contribution >= 0.6 is 0 Å². The van der Waals surface area contributed by atoms with Crippen LogP contribution in [0.4, 0.5) is 0 Å². The molecule has 2 fully saturated rings. The molecule has 2 rings (SSSR count). The Balaban J connectivity index is 1.93. The number of rotatable bonds is 6. The minimum atomic E-state index is -0.146. The Hall–Kier alpha value is -1.10. The fourth-order valence-corrected chi connectivity index (χ4v) is 3.63. The van der Waals surface area contributed by atoms with E-state index in [0.717, 1.165) is 58.0 Å². The Bertz CT molecular complexity index is 380. The lowest BCUT2D eigenvalue weighted by molar-refractivity contribution is -0.143. The van der Waals surface area contributed by atoms with Crippen molar-refractivity contribution in [2.75, 3.05) is 26.8 Å². The molecule has 0 unspecified atom stereocenters. The van der Waals surface area contributed by atoms with E-state index in [-0.39, 0.29) is 29.7 Å². The van der Waals surface area contributed by atoms with Crippen LogP contribution in [0.25, 0.3) is 0 Å². The molecule has 2 aliphatic rings. The number of hydrogen-bond acceptors (Lipinski definition) is 3. The van der Waals surface area contributed by atoms with Crippen molar-refractivity contribution in [2.24, 2.45) is 11.8 Å². The third-order valence-electron chi connectivity index (χ3n) is 4.98. The summed E-state index contributed by atoms with van der Waals surface area (Å²) in [6.45, 7) is 4.38. The van der Waals surface area contributed by atoms with Gasteiger partial charge in [0.1, 0.15) is 0 Å². The van der Waals surface area contributed by atoms with Gasteiger partial charge in [0.2, 0.25) is 11.8 Å². The van der Waals surface area contributed by atoms with E-state index in [9.17, 15) is 9.59 Å². The first kappa shape index (κ1) is 17.3. The molecule has 0 radical (unpaired) electrons. The first-order valence-corrected chi connectivity index (χ1v) is 8.71. The van der Waals surface area contributed by atoms with E-state index >= 15 is 0 Å². The SMILES string of the molecule is COCC[C@H](C)NC(=O)[C@H]1CCCC[C@H]1C(=O)N1CCCC1. The summed E-state index contributed by atoms with van der Waals surface area (Å²) in [5.74, 6) is 0.0102. The molecule has 126 valence electrons. The molecule has 0 bridgehead atoms. The molecule has 5 heteroatoms. The zero-order valence-corrected chi connectivity index (χ0v) is 14.0. The van der Waals surface area contributed by atoms with Crippen LogP contribution in [-0.4, -0.2) is 49.6 Å². The van der Waals surface area contributed by atoms with Gasteiger partial charge in [-0.2, -0.15) is 0 Å². The number of nitrogens with zero attached hydrogens (tertiary/aromatic N) is 1. The molecule has 22 heavy (non-hydrogen) atoms. The molecule has 0 aromatic carbocycles. The van der Waals surface area contributed by atoms with Crippen molar-refractivity contribution >= 4 is 11.8 Å². The number of amides is 2. The number of carbonyl (C=O) groups excluding carboxylic acids is 2. The molecule has 0 aromatic rings. The number of carbonyl (C=O) groups is 2. The standard InChI is InChI=1S/C17H30N2O3/c1-13(9-12-22-2)18-16(20)14-7-3-4-8-15(14)17(21)19-10-5-6-11-19/h13-15H,3-12H2,1-2H3,(H,18,20)/t13-,14-,15+/m0/s1. The van der Waals surface area contributed by atoms with Crippen molar-refractivity contribution in [3.05, 3.63) is 0 Å². The average Bonchev–Trinajstić information content (AvgIpc) is 3.06. The second-order valence-electron chi connectivity index (χ2n) is 6.72. The molecule has 0 spiro atoms. The molecular formula is C17H30N2O3. The molecule has 1 N–H and O–H groups in total. The molecule has 1 aliphatic carbocycles. The predicted octanol–water partition coefficient (Wildman–Crippen LogP) is 1.96. The van der Waals surface area contributed by atoms with Gasteiger partial charge in [-0.05, 0) is 39.0 Å². The molecular weight excluding hydrogens is 280 g/mol. The summed E-state index contributed by atoms with van der Waals surface area (Å²) < 4.78 is 5.05. The van der Waals surface area contributed by atoms with E-state index in [4.69, 9.17) is 4.74 Å². The van der Waals surface area contributed by atoms with E-state index in [1.807, 2.05) is 11.8 Å². The number of methoxy groups -OCH3 is 1. The Morgan fingerprint density at radius 2 is 1.77 bits per heavy atom. The molecule has 1 heterocycles. The fraction of sp³-hybridized carbons (Fsp3) is 0.882. The van der Waals surface area contributed by atoms with E-state index in [1.165, 1.54) is 0 Å². The Kier molecular flexibility index (Phi) is 6.68. The second-order valence-corrected chi connectivity index (χ2v) is 6.72. The molecule has 1 saturated carbocycles. The van der Waals surface area contributed by atoms with Gasteiger partial charge in [0.25, 0.3) is 0 Å². The third-order valence-corrected chi connectivity index (χ3v) is 4.98. The first-order valence-electron chi connectivity index (χ1n) is 8.71. The van der Waals surface area contributed by atoms with Crippen LogP contribution in [-0.2, 0) is 14.3 Å². The lowest BCUT2D eigenvalue weighted by atomic mass is 9.77. The lowest BCUT2D eigenvalue weighted by Gasteiger charge is -2.33. The van der Waals surface area contributed by atoms with Crippen LogP contribution < -0.4 is 5.32 Å². The summed E-state index contributed by atoms with van der Waals surface area (Å²) in [6.07, 6.45) is 6.82. The topological polar surface area (TPSA) is 58.6 Å². The van der Waals surface area contributed by atoms with Gasteiger partial charge in [-0.3, -0.25) is 9.59 Å². The molecule has 0 aromatic heterocycles. The van der Waals surface area contributed by atoms with Gasteiger partial charge in [0.05, 0.1) is 0 Å². The summed E-state index contributed by atoms with van der Waals surface area (Å²) in [7, 11) is 1.67. The van der Waals surface area contributed by atoms with Crippen molar-refractivity contribution in [3.8, 4) is 0 Å². The van der Waals surface area contributed by atoms with Crippen LogP contribution in [0.1, 0.15) is 51.9 Å². The van der Waals surface area contributed by atoms with E-state index < -0.39 is 0 Å². The van der Waals surface area contributed by atoms with Crippen LogP contribution in [0.3, 0.4) is 0 Å². The van der Waals surface area contributed by atoms with Crippen LogP contribution in [0.2, 0.25) is 0 Å². The highest BCUT2D eigenvalue weighted by atomic mass is 16.5. The zero-order valence-electron chi connectivity index (χ0n) is 14.0.